The molecular formula is C20H21N3O3. The van der Waals surface area contributed by atoms with E-state index in [1.807, 2.05) is 54.6 Å². The Hall–Kier alpha value is -3.15. The maximum atomic E-state index is 12.8. The van der Waals surface area contributed by atoms with E-state index in [4.69, 9.17) is 4.74 Å². The van der Waals surface area contributed by atoms with Gasteiger partial charge >= 0.3 is 5.97 Å². The van der Waals surface area contributed by atoms with E-state index >= 15 is 0 Å². The minimum absolute atomic E-state index is 0.0519. The first-order chi connectivity index (χ1) is 12.5. The Morgan fingerprint density at radius 1 is 1.08 bits per heavy atom. The van der Waals surface area contributed by atoms with Crippen molar-refractivity contribution in [1.29, 1.82) is 0 Å². The summed E-state index contributed by atoms with van der Waals surface area (Å²) in [5, 5.41) is 10.6. The Morgan fingerprint density at radius 3 is 2.50 bits per heavy atom. The van der Waals surface area contributed by atoms with Crippen molar-refractivity contribution < 1.29 is 14.3 Å². The summed E-state index contributed by atoms with van der Waals surface area (Å²) in [6.45, 7) is 3.59. The zero-order valence-corrected chi connectivity index (χ0v) is 14.7. The van der Waals surface area contributed by atoms with Crippen LogP contribution in [0.15, 0.2) is 54.6 Å². The van der Waals surface area contributed by atoms with Crippen LogP contribution in [0.25, 0.3) is 10.9 Å². The first-order valence-electron chi connectivity index (χ1n) is 8.53. The quantitative estimate of drug-likeness (QED) is 0.667. The number of rotatable bonds is 6. The predicted molar refractivity (Wildman–Crippen MR) is 98.6 cm³/mol. The van der Waals surface area contributed by atoms with Gasteiger partial charge < -0.3 is 10.1 Å². The van der Waals surface area contributed by atoms with Gasteiger partial charge in [-0.25, -0.2) is 0 Å². The largest absolute Gasteiger partial charge is 0.463 e. The van der Waals surface area contributed by atoms with Crippen molar-refractivity contribution in [1.82, 2.24) is 15.5 Å². The van der Waals surface area contributed by atoms with Crippen LogP contribution in [0.4, 0.5) is 0 Å². The summed E-state index contributed by atoms with van der Waals surface area (Å²) in [5.74, 6) is -0.699. The smallest absolute Gasteiger partial charge is 0.308 e. The zero-order chi connectivity index (χ0) is 18.5. The fourth-order valence-electron chi connectivity index (χ4n) is 2.78. The third-order valence-corrected chi connectivity index (χ3v) is 3.93. The summed E-state index contributed by atoms with van der Waals surface area (Å²) < 4.78 is 5.23. The molecule has 134 valence electrons. The Kier molecular flexibility index (Phi) is 5.31. The second kappa shape index (κ2) is 7.82. The molecule has 3 rings (SSSR count). The molecule has 0 aliphatic carbocycles. The van der Waals surface area contributed by atoms with Gasteiger partial charge in [0, 0.05) is 5.39 Å². The first kappa shape index (κ1) is 17.7. The molecule has 1 heterocycles. The molecule has 26 heavy (non-hydrogen) atoms. The normalized spacial score (nSPS) is 12.1. The Labute approximate surface area is 151 Å². The van der Waals surface area contributed by atoms with Crippen molar-refractivity contribution in [3.63, 3.8) is 0 Å². The summed E-state index contributed by atoms with van der Waals surface area (Å²) in [7, 11) is 0. The second-order valence-electron chi connectivity index (χ2n) is 6.30. The zero-order valence-electron chi connectivity index (χ0n) is 14.7. The standard InChI is InChI=1S/C20H21N3O3/c1-13(2)26-18(24)12-17(14-8-4-3-5-9-14)21-20(25)19-15-10-6-7-11-16(15)22-23-19/h3-11,13,17H,12H2,1-2H3,(H,21,25)(H,22,23). The van der Waals surface area contributed by atoms with Gasteiger partial charge in [-0.2, -0.15) is 5.10 Å². The highest BCUT2D eigenvalue weighted by molar-refractivity contribution is 6.04. The molecule has 6 nitrogen and oxygen atoms in total. The molecule has 0 aliphatic heterocycles. The lowest BCUT2D eigenvalue weighted by Gasteiger charge is -2.19. The molecule has 1 amide bonds. The number of fused-ring (bicyclic) bond motifs is 1. The SMILES string of the molecule is CC(C)OC(=O)CC(NC(=O)c1n[nH]c2ccccc12)c1ccccc1. The van der Waals surface area contributed by atoms with Crippen molar-refractivity contribution in [2.45, 2.75) is 32.4 Å². The second-order valence-corrected chi connectivity index (χ2v) is 6.30. The molecule has 1 unspecified atom stereocenters. The number of aromatic nitrogens is 2. The van der Waals surface area contributed by atoms with Crippen LogP contribution in [0.2, 0.25) is 0 Å². The Morgan fingerprint density at radius 2 is 1.77 bits per heavy atom. The third kappa shape index (κ3) is 4.08. The fraction of sp³-hybridized carbons (Fsp3) is 0.250. The highest BCUT2D eigenvalue weighted by atomic mass is 16.5. The molecule has 0 bridgehead atoms. The van der Waals surface area contributed by atoms with E-state index in [1.165, 1.54) is 0 Å². The first-order valence-corrected chi connectivity index (χ1v) is 8.53. The van der Waals surface area contributed by atoms with E-state index in [2.05, 4.69) is 15.5 Å². The number of carbonyl (C=O) groups excluding carboxylic acids is 2. The lowest BCUT2D eigenvalue weighted by Crippen LogP contribution is -2.31. The van der Waals surface area contributed by atoms with E-state index in [-0.39, 0.29) is 24.4 Å². The number of hydrogen-bond acceptors (Lipinski definition) is 4. The van der Waals surface area contributed by atoms with Gasteiger partial charge in [0.15, 0.2) is 5.69 Å². The molecular weight excluding hydrogens is 330 g/mol. The molecule has 0 radical (unpaired) electrons. The number of H-pyrrole nitrogens is 1. The van der Waals surface area contributed by atoms with Crippen LogP contribution in [0.1, 0.15) is 42.4 Å². The number of hydrogen-bond donors (Lipinski definition) is 2. The number of aromatic amines is 1. The van der Waals surface area contributed by atoms with E-state index in [9.17, 15) is 9.59 Å². The van der Waals surface area contributed by atoms with Gasteiger partial charge in [-0.05, 0) is 25.5 Å². The van der Waals surface area contributed by atoms with Crippen LogP contribution >= 0.6 is 0 Å². The molecule has 0 fully saturated rings. The van der Waals surface area contributed by atoms with Crippen LogP contribution < -0.4 is 5.32 Å². The summed E-state index contributed by atoms with van der Waals surface area (Å²) in [6.07, 6.45) is -0.152. The van der Waals surface area contributed by atoms with E-state index in [0.717, 1.165) is 16.5 Å². The van der Waals surface area contributed by atoms with Crippen molar-refractivity contribution >= 4 is 22.8 Å². The molecule has 3 aromatic rings. The highest BCUT2D eigenvalue weighted by Gasteiger charge is 2.22. The monoisotopic (exact) mass is 351 g/mol. The lowest BCUT2D eigenvalue weighted by atomic mass is 10.0. The maximum Gasteiger partial charge on any atom is 0.308 e. The Bertz CT molecular complexity index is 903. The van der Waals surface area contributed by atoms with Crippen LogP contribution in [-0.4, -0.2) is 28.2 Å². The number of benzene rings is 2. The molecule has 0 saturated carbocycles. The van der Waals surface area contributed by atoms with E-state index < -0.39 is 6.04 Å². The number of carbonyl (C=O) groups is 2. The van der Waals surface area contributed by atoms with Crippen LogP contribution in [0.5, 0.6) is 0 Å². The van der Waals surface area contributed by atoms with Gasteiger partial charge in [0.2, 0.25) is 0 Å². The average Bonchev–Trinajstić information content (AvgIpc) is 3.05. The molecule has 0 saturated heterocycles. The summed E-state index contributed by atoms with van der Waals surface area (Å²) in [6, 6.07) is 16.3. The third-order valence-electron chi connectivity index (χ3n) is 3.93. The predicted octanol–water partition coefficient (Wildman–Crippen LogP) is 3.38. The molecule has 2 N–H and O–H groups in total. The number of ether oxygens (including phenoxy) is 1. The lowest BCUT2D eigenvalue weighted by molar-refractivity contribution is -0.147. The van der Waals surface area contributed by atoms with Gasteiger partial charge in [0.25, 0.3) is 5.91 Å². The van der Waals surface area contributed by atoms with Crippen molar-refractivity contribution in [2.24, 2.45) is 0 Å². The minimum atomic E-state index is -0.495. The summed E-state index contributed by atoms with van der Waals surface area (Å²) in [4.78, 5) is 24.9. The van der Waals surface area contributed by atoms with E-state index in [0.29, 0.717) is 5.69 Å². The summed E-state index contributed by atoms with van der Waals surface area (Å²) in [5.41, 5.74) is 1.92. The summed E-state index contributed by atoms with van der Waals surface area (Å²) >= 11 is 0. The van der Waals surface area contributed by atoms with Crippen LogP contribution in [-0.2, 0) is 9.53 Å². The van der Waals surface area contributed by atoms with Gasteiger partial charge in [0.05, 0.1) is 24.1 Å². The van der Waals surface area contributed by atoms with Crippen molar-refractivity contribution in [2.75, 3.05) is 0 Å². The number of esters is 1. The molecule has 1 aromatic heterocycles. The van der Waals surface area contributed by atoms with Gasteiger partial charge in [-0.3, -0.25) is 14.7 Å². The molecule has 1 atom stereocenters. The number of nitrogens with zero attached hydrogens (tertiary/aromatic N) is 1. The van der Waals surface area contributed by atoms with Crippen molar-refractivity contribution in [3.8, 4) is 0 Å². The van der Waals surface area contributed by atoms with Crippen LogP contribution in [0.3, 0.4) is 0 Å². The minimum Gasteiger partial charge on any atom is -0.463 e. The molecule has 2 aromatic carbocycles. The average molecular weight is 351 g/mol. The number of nitrogens with one attached hydrogen (secondary N) is 2. The topological polar surface area (TPSA) is 84.1 Å². The van der Waals surface area contributed by atoms with Crippen molar-refractivity contribution in [3.05, 3.63) is 65.9 Å². The van der Waals surface area contributed by atoms with Gasteiger partial charge in [-0.15, -0.1) is 0 Å². The molecule has 6 heteroatoms. The number of para-hydroxylation sites is 1. The molecule has 0 spiro atoms. The molecule has 0 aliphatic rings. The maximum absolute atomic E-state index is 12.8. The number of amides is 1. The van der Waals surface area contributed by atoms with Gasteiger partial charge in [-0.1, -0.05) is 48.5 Å². The van der Waals surface area contributed by atoms with E-state index in [1.54, 1.807) is 13.8 Å². The van der Waals surface area contributed by atoms with Gasteiger partial charge in [0.1, 0.15) is 0 Å². The fourth-order valence-corrected chi connectivity index (χ4v) is 2.78. The highest BCUT2D eigenvalue weighted by Crippen LogP contribution is 2.20. The Balaban J connectivity index is 1.83. The van der Waals surface area contributed by atoms with Crippen LogP contribution in [0, 0.1) is 0 Å².